The van der Waals surface area contributed by atoms with E-state index in [1.165, 1.54) is 4.31 Å². The van der Waals surface area contributed by atoms with Gasteiger partial charge in [0.1, 0.15) is 0 Å². The first-order valence-electron chi connectivity index (χ1n) is 6.75. The Morgan fingerprint density at radius 1 is 1.21 bits per heavy atom. The van der Waals surface area contributed by atoms with E-state index in [4.69, 9.17) is 0 Å². The Hall–Kier alpha value is -1.07. The van der Waals surface area contributed by atoms with Gasteiger partial charge in [0, 0.05) is 25.3 Å². The van der Waals surface area contributed by atoms with Crippen molar-refractivity contribution >= 4 is 15.7 Å². The topological polar surface area (TPSA) is 49.4 Å². The molecule has 0 aliphatic rings. The second-order valence-electron chi connectivity index (χ2n) is 4.71. The van der Waals surface area contributed by atoms with E-state index in [-0.39, 0.29) is 6.04 Å². The Morgan fingerprint density at radius 3 is 2.26 bits per heavy atom. The SMILES string of the molecule is CCCC(C)N(C)S(=O)(=O)c1ccc(NCC)cc1. The normalized spacial score (nSPS) is 13.5. The molecule has 0 aromatic heterocycles. The Bertz CT molecular complexity index is 483. The Balaban J connectivity index is 2.93. The maximum Gasteiger partial charge on any atom is 0.243 e. The van der Waals surface area contributed by atoms with Gasteiger partial charge in [0.25, 0.3) is 0 Å². The minimum absolute atomic E-state index is 0.0171. The molecule has 0 spiro atoms. The van der Waals surface area contributed by atoms with Gasteiger partial charge in [-0.3, -0.25) is 0 Å². The molecule has 5 heteroatoms. The number of anilines is 1. The molecule has 0 aliphatic heterocycles. The molecule has 1 unspecified atom stereocenters. The average Bonchev–Trinajstić information content (AvgIpc) is 2.39. The van der Waals surface area contributed by atoms with Crippen LogP contribution in [0.5, 0.6) is 0 Å². The van der Waals surface area contributed by atoms with E-state index < -0.39 is 10.0 Å². The maximum atomic E-state index is 12.4. The minimum Gasteiger partial charge on any atom is -0.385 e. The third-order valence-electron chi connectivity index (χ3n) is 3.24. The number of nitrogens with zero attached hydrogens (tertiary/aromatic N) is 1. The molecular weight excluding hydrogens is 260 g/mol. The molecule has 0 bridgehead atoms. The van der Waals surface area contributed by atoms with E-state index in [2.05, 4.69) is 12.2 Å². The van der Waals surface area contributed by atoms with Gasteiger partial charge in [-0.15, -0.1) is 0 Å². The van der Waals surface area contributed by atoms with Crippen molar-refractivity contribution in [3.05, 3.63) is 24.3 Å². The van der Waals surface area contributed by atoms with Gasteiger partial charge in [-0.05, 0) is 44.5 Å². The van der Waals surface area contributed by atoms with Crippen molar-refractivity contribution < 1.29 is 8.42 Å². The van der Waals surface area contributed by atoms with Gasteiger partial charge in [-0.2, -0.15) is 4.31 Å². The van der Waals surface area contributed by atoms with Crippen LogP contribution in [0.3, 0.4) is 0 Å². The van der Waals surface area contributed by atoms with Crippen LogP contribution < -0.4 is 5.32 Å². The monoisotopic (exact) mass is 284 g/mol. The molecule has 1 N–H and O–H groups in total. The third-order valence-corrected chi connectivity index (χ3v) is 5.23. The maximum absolute atomic E-state index is 12.4. The van der Waals surface area contributed by atoms with Gasteiger partial charge >= 0.3 is 0 Å². The Morgan fingerprint density at radius 2 is 1.79 bits per heavy atom. The molecule has 4 nitrogen and oxygen atoms in total. The lowest BCUT2D eigenvalue weighted by molar-refractivity contribution is 0.369. The quantitative estimate of drug-likeness (QED) is 0.837. The van der Waals surface area contributed by atoms with E-state index in [1.54, 1.807) is 31.3 Å². The van der Waals surface area contributed by atoms with Crippen molar-refractivity contribution in [2.75, 3.05) is 18.9 Å². The number of hydrogen-bond acceptors (Lipinski definition) is 3. The predicted octanol–water partition coefficient (Wildman–Crippen LogP) is 2.93. The molecule has 0 saturated carbocycles. The molecule has 1 rings (SSSR count). The van der Waals surface area contributed by atoms with Crippen LogP contribution in [-0.2, 0) is 10.0 Å². The van der Waals surface area contributed by atoms with Crippen molar-refractivity contribution in [2.45, 2.75) is 44.6 Å². The lowest BCUT2D eigenvalue weighted by Gasteiger charge is -2.24. The van der Waals surface area contributed by atoms with Crippen molar-refractivity contribution in [1.29, 1.82) is 0 Å². The van der Waals surface area contributed by atoms with Crippen LogP contribution in [0.2, 0.25) is 0 Å². The minimum atomic E-state index is -3.39. The molecule has 108 valence electrons. The third kappa shape index (κ3) is 3.94. The lowest BCUT2D eigenvalue weighted by Crippen LogP contribution is -2.34. The summed E-state index contributed by atoms with van der Waals surface area (Å²) in [5.41, 5.74) is 0.936. The molecule has 0 saturated heterocycles. The average molecular weight is 284 g/mol. The highest BCUT2D eigenvalue weighted by molar-refractivity contribution is 7.89. The molecule has 0 fully saturated rings. The molecule has 1 aromatic rings. The van der Waals surface area contributed by atoms with Crippen molar-refractivity contribution in [1.82, 2.24) is 4.31 Å². The smallest absolute Gasteiger partial charge is 0.243 e. The zero-order valence-corrected chi connectivity index (χ0v) is 13.0. The van der Waals surface area contributed by atoms with Gasteiger partial charge in [0.15, 0.2) is 0 Å². The van der Waals surface area contributed by atoms with E-state index in [0.29, 0.717) is 4.90 Å². The van der Waals surface area contributed by atoms with Crippen molar-refractivity contribution in [3.8, 4) is 0 Å². The van der Waals surface area contributed by atoms with E-state index >= 15 is 0 Å². The van der Waals surface area contributed by atoms with Crippen LogP contribution in [0, 0.1) is 0 Å². The van der Waals surface area contributed by atoms with Gasteiger partial charge in [0.2, 0.25) is 10.0 Å². The van der Waals surface area contributed by atoms with Crippen molar-refractivity contribution in [2.24, 2.45) is 0 Å². The summed E-state index contributed by atoms with van der Waals surface area (Å²) >= 11 is 0. The number of rotatable bonds is 7. The fourth-order valence-electron chi connectivity index (χ4n) is 1.95. The fourth-order valence-corrected chi connectivity index (χ4v) is 3.34. The zero-order chi connectivity index (χ0) is 14.5. The van der Waals surface area contributed by atoms with E-state index in [9.17, 15) is 8.42 Å². The summed E-state index contributed by atoms with van der Waals surface area (Å²) in [5.74, 6) is 0. The first-order valence-corrected chi connectivity index (χ1v) is 8.19. The number of sulfonamides is 1. The largest absolute Gasteiger partial charge is 0.385 e. The lowest BCUT2D eigenvalue weighted by atomic mass is 10.2. The molecule has 1 atom stereocenters. The van der Waals surface area contributed by atoms with Crippen LogP contribution in [0.25, 0.3) is 0 Å². The van der Waals surface area contributed by atoms with E-state index in [1.807, 2.05) is 13.8 Å². The summed E-state index contributed by atoms with van der Waals surface area (Å²) in [5, 5.41) is 3.15. The molecular formula is C14H24N2O2S. The van der Waals surface area contributed by atoms with Crippen LogP contribution in [0.15, 0.2) is 29.2 Å². The van der Waals surface area contributed by atoms with E-state index in [0.717, 1.165) is 25.1 Å². The highest BCUT2D eigenvalue weighted by Crippen LogP contribution is 2.20. The number of nitrogens with one attached hydrogen (secondary N) is 1. The number of hydrogen-bond donors (Lipinski definition) is 1. The summed E-state index contributed by atoms with van der Waals surface area (Å²) in [6.45, 7) is 6.82. The van der Waals surface area contributed by atoms with Gasteiger partial charge in [-0.25, -0.2) is 8.42 Å². The summed E-state index contributed by atoms with van der Waals surface area (Å²) in [7, 11) is -1.74. The standard InChI is InChI=1S/C14H24N2O2S/c1-5-7-12(3)16(4)19(17,18)14-10-8-13(9-11-14)15-6-2/h8-12,15H,5-7H2,1-4H3. The predicted molar refractivity (Wildman–Crippen MR) is 79.9 cm³/mol. The van der Waals surface area contributed by atoms with Crippen LogP contribution >= 0.6 is 0 Å². The fraction of sp³-hybridized carbons (Fsp3) is 0.571. The highest BCUT2D eigenvalue weighted by atomic mass is 32.2. The Kier molecular flexibility index (Phi) is 5.82. The molecule has 0 heterocycles. The van der Waals surface area contributed by atoms with Crippen LogP contribution in [0.4, 0.5) is 5.69 Å². The first kappa shape index (κ1) is 16.0. The van der Waals surface area contributed by atoms with Crippen LogP contribution in [0.1, 0.15) is 33.6 Å². The van der Waals surface area contributed by atoms with Gasteiger partial charge in [0.05, 0.1) is 4.90 Å². The summed E-state index contributed by atoms with van der Waals surface area (Å²) in [6, 6.07) is 6.93. The molecule has 0 aliphatic carbocycles. The van der Waals surface area contributed by atoms with Gasteiger partial charge < -0.3 is 5.32 Å². The first-order chi connectivity index (χ1) is 8.93. The zero-order valence-electron chi connectivity index (χ0n) is 12.2. The summed E-state index contributed by atoms with van der Waals surface area (Å²) in [4.78, 5) is 0.347. The summed E-state index contributed by atoms with van der Waals surface area (Å²) < 4.78 is 26.3. The Labute approximate surface area is 116 Å². The van der Waals surface area contributed by atoms with Gasteiger partial charge in [-0.1, -0.05) is 13.3 Å². The highest BCUT2D eigenvalue weighted by Gasteiger charge is 2.24. The summed E-state index contributed by atoms with van der Waals surface area (Å²) in [6.07, 6.45) is 1.84. The molecule has 1 aromatic carbocycles. The molecule has 19 heavy (non-hydrogen) atoms. The molecule has 0 radical (unpaired) electrons. The number of benzene rings is 1. The molecule has 0 amide bonds. The second-order valence-corrected chi connectivity index (χ2v) is 6.71. The van der Waals surface area contributed by atoms with Crippen LogP contribution in [-0.4, -0.2) is 32.4 Å². The second kappa shape index (κ2) is 6.91. The van der Waals surface area contributed by atoms with Crippen molar-refractivity contribution in [3.63, 3.8) is 0 Å².